The predicted octanol–water partition coefficient (Wildman–Crippen LogP) is 0.343. The van der Waals surface area contributed by atoms with Gasteiger partial charge in [-0.25, -0.2) is 0 Å². The van der Waals surface area contributed by atoms with E-state index in [1.165, 1.54) is 0 Å². The van der Waals surface area contributed by atoms with Crippen LogP contribution in [0, 0.1) is 0 Å². The van der Waals surface area contributed by atoms with Gasteiger partial charge in [0.05, 0.1) is 32.0 Å². The van der Waals surface area contributed by atoms with Gasteiger partial charge in [0, 0.05) is 25.7 Å². The van der Waals surface area contributed by atoms with Crippen LogP contribution in [0.15, 0.2) is 0 Å². The molecule has 18 heavy (non-hydrogen) atoms. The molecule has 2 aliphatic rings. The van der Waals surface area contributed by atoms with E-state index in [1.54, 1.807) is 0 Å². The molecule has 104 valence electrons. The molecule has 0 N–H and O–H groups in total. The van der Waals surface area contributed by atoms with Gasteiger partial charge in [0.25, 0.3) is 0 Å². The molecule has 0 spiro atoms. The van der Waals surface area contributed by atoms with E-state index in [4.69, 9.17) is 9.47 Å². The van der Waals surface area contributed by atoms with Crippen molar-refractivity contribution in [2.45, 2.75) is 39.0 Å². The first-order chi connectivity index (χ1) is 8.56. The van der Waals surface area contributed by atoms with Crippen LogP contribution in [-0.2, 0) is 14.3 Å². The number of ether oxygens (including phenoxy) is 2. The number of rotatable bonds is 2. The third-order valence-corrected chi connectivity index (χ3v) is 3.67. The smallest absolute Gasteiger partial charge is 0.236 e. The quantitative estimate of drug-likeness (QED) is 0.714. The van der Waals surface area contributed by atoms with Crippen LogP contribution in [0.5, 0.6) is 0 Å². The van der Waals surface area contributed by atoms with Gasteiger partial charge < -0.3 is 14.4 Å². The fourth-order valence-electron chi connectivity index (χ4n) is 2.51. The first kappa shape index (κ1) is 13.8. The second kappa shape index (κ2) is 5.99. The lowest BCUT2D eigenvalue weighted by molar-refractivity contribution is -0.142. The number of carbonyl (C=O) groups excluding carboxylic acids is 1. The molecule has 0 aliphatic carbocycles. The van der Waals surface area contributed by atoms with E-state index in [0.717, 1.165) is 13.1 Å². The molecule has 3 atom stereocenters. The molecule has 0 aromatic rings. The molecule has 0 bridgehead atoms. The topological polar surface area (TPSA) is 42.0 Å². The van der Waals surface area contributed by atoms with Gasteiger partial charge in [-0.1, -0.05) is 0 Å². The highest BCUT2D eigenvalue weighted by Gasteiger charge is 2.28. The Bertz CT molecular complexity index is 298. The third kappa shape index (κ3) is 3.43. The van der Waals surface area contributed by atoms with Crippen LogP contribution in [0.2, 0.25) is 0 Å². The van der Waals surface area contributed by atoms with Crippen LogP contribution in [0.3, 0.4) is 0 Å². The largest absolute Gasteiger partial charge is 0.376 e. The summed E-state index contributed by atoms with van der Waals surface area (Å²) in [5, 5.41) is 0. The summed E-state index contributed by atoms with van der Waals surface area (Å²) < 4.78 is 11.0. The molecule has 0 saturated carbocycles. The molecule has 0 aromatic heterocycles. The van der Waals surface area contributed by atoms with Crippen LogP contribution >= 0.6 is 0 Å². The van der Waals surface area contributed by atoms with E-state index < -0.39 is 0 Å². The number of amides is 1. The van der Waals surface area contributed by atoms with Crippen molar-refractivity contribution in [2.75, 3.05) is 39.4 Å². The zero-order valence-corrected chi connectivity index (χ0v) is 11.6. The van der Waals surface area contributed by atoms with Gasteiger partial charge in [0.1, 0.15) is 0 Å². The van der Waals surface area contributed by atoms with E-state index in [1.807, 2.05) is 11.8 Å². The second-order valence-corrected chi connectivity index (χ2v) is 5.44. The van der Waals surface area contributed by atoms with Crippen LogP contribution < -0.4 is 0 Å². The van der Waals surface area contributed by atoms with Gasteiger partial charge in [0.2, 0.25) is 5.91 Å². The Morgan fingerprint density at radius 1 is 1.17 bits per heavy atom. The van der Waals surface area contributed by atoms with E-state index in [0.29, 0.717) is 32.3 Å². The first-order valence-electron chi connectivity index (χ1n) is 6.81. The molecule has 2 fully saturated rings. The molecule has 5 nitrogen and oxygen atoms in total. The monoisotopic (exact) mass is 256 g/mol. The highest BCUT2D eigenvalue weighted by Crippen LogP contribution is 2.12. The number of hydrogen-bond acceptors (Lipinski definition) is 4. The maximum absolute atomic E-state index is 12.3. The van der Waals surface area contributed by atoms with Crippen molar-refractivity contribution in [3.63, 3.8) is 0 Å². The fraction of sp³-hybridized carbons (Fsp3) is 0.923. The summed E-state index contributed by atoms with van der Waals surface area (Å²) in [4.78, 5) is 16.4. The normalized spacial score (nSPS) is 34.6. The lowest BCUT2D eigenvalue weighted by Gasteiger charge is -2.38. The van der Waals surface area contributed by atoms with Crippen LogP contribution in [0.25, 0.3) is 0 Å². The van der Waals surface area contributed by atoms with Gasteiger partial charge in [-0.05, 0) is 20.8 Å². The SMILES string of the molecule is CC1CN(C(=O)CN2CC(C)OCC2C)CCO1. The molecular weight excluding hydrogens is 232 g/mol. The Kier molecular flexibility index (Phi) is 4.59. The van der Waals surface area contributed by atoms with E-state index >= 15 is 0 Å². The van der Waals surface area contributed by atoms with Crippen molar-refractivity contribution in [1.29, 1.82) is 0 Å². The van der Waals surface area contributed by atoms with E-state index in [-0.39, 0.29) is 18.1 Å². The second-order valence-electron chi connectivity index (χ2n) is 5.44. The molecule has 2 rings (SSSR count). The summed E-state index contributed by atoms with van der Waals surface area (Å²) in [6.45, 7) is 10.3. The number of carbonyl (C=O) groups is 1. The summed E-state index contributed by atoms with van der Waals surface area (Å²) in [7, 11) is 0. The minimum absolute atomic E-state index is 0.156. The first-order valence-corrected chi connectivity index (χ1v) is 6.81. The van der Waals surface area contributed by atoms with Gasteiger partial charge in [-0.15, -0.1) is 0 Å². The minimum Gasteiger partial charge on any atom is -0.376 e. The van der Waals surface area contributed by atoms with Crippen LogP contribution in [-0.4, -0.2) is 73.3 Å². The molecule has 1 amide bonds. The average Bonchev–Trinajstić information content (AvgIpc) is 2.34. The molecular formula is C13H24N2O3. The summed E-state index contributed by atoms with van der Waals surface area (Å²) >= 11 is 0. The highest BCUT2D eigenvalue weighted by atomic mass is 16.5. The van der Waals surface area contributed by atoms with Crippen LogP contribution in [0.4, 0.5) is 0 Å². The van der Waals surface area contributed by atoms with Gasteiger partial charge in [-0.3, -0.25) is 9.69 Å². The summed E-state index contributed by atoms with van der Waals surface area (Å²) in [6, 6.07) is 0.323. The molecule has 3 unspecified atom stereocenters. The maximum Gasteiger partial charge on any atom is 0.236 e. The van der Waals surface area contributed by atoms with Crippen molar-refractivity contribution >= 4 is 5.91 Å². The molecule has 0 radical (unpaired) electrons. The van der Waals surface area contributed by atoms with E-state index in [9.17, 15) is 4.79 Å². The summed E-state index contributed by atoms with van der Waals surface area (Å²) in [5.41, 5.74) is 0. The highest BCUT2D eigenvalue weighted by molar-refractivity contribution is 5.78. The Morgan fingerprint density at radius 3 is 2.61 bits per heavy atom. The van der Waals surface area contributed by atoms with Crippen molar-refractivity contribution in [2.24, 2.45) is 0 Å². The number of nitrogens with zero attached hydrogens (tertiary/aromatic N) is 2. The van der Waals surface area contributed by atoms with Crippen molar-refractivity contribution < 1.29 is 14.3 Å². The fourth-order valence-corrected chi connectivity index (χ4v) is 2.51. The molecule has 5 heteroatoms. The van der Waals surface area contributed by atoms with Gasteiger partial charge in [0.15, 0.2) is 0 Å². The van der Waals surface area contributed by atoms with Gasteiger partial charge in [-0.2, -0.15) is 0 Å². The summed E-state index contributed by atoms with van der Waals surface area (Å²) in [5.74, 6) is 0.214. The zero-order valence-electron chi connectivity index (χ0n) is 11.6. The third-order valence-electron chi connectivity index (χ3n) is 3.67. The van der Waals surface area contributed by atoms with Crippen molar-refractivity contribution in [3.05, 3.63) is 0 Å². The zero-order chi connectivity index (χ0) is 13.1. The Hall–Kier alpha value is -0.650. The van der Waals surface area contributed by atoms with Crippen molar-refractivity contribution in [1.82, 2.24) is 9.80 Å². The Balaban J connectivity index is 1.85. The Morgan fingerprint density at radius 2 is 1.89 bits per heavy atom. The standard InChI is InChI=1S/C13H24N2O3/c1-10-9-18-12(3)7-15(10)8-13(16)14-4-5-17-11(2)6-14/h10-12H,4-9H2,1-3H3. The lowest BCUT2D eigenvalue weighted by Crippen LogP contribution is -2.53. The molecule has 2 heterocycles. The van der Waals surface area contributed by atoms with Crippen molar-refractivity contribution in [3.8, 4) is 0 Å². The summed E-state index contributed by atoms with van der Waals surface area (Å²) in [6.07, 6.45) is 0.376. The maximum atomic E-state index is 12.3. The lowest BCUT2D eigenvalue weighted by atomic mass is 10.2. The average molecular weight is 256 g/mol. The Labute approximate surface area is 109 Å². The molecule has 2 saturated heterocycles. The molecule has 0 aromatic carbocycles. The van der Waals surface area contributed by atoms with Crippen LogP contribution in [0.1, 0.15) is 20.8 Å². The van der Waals surface area contributed by atoms with Gasteiger partial charge >= 0.3 is 0 Å². The molecule has 2 aliphatic heterocycles. The van der Waals surface area contributed by atoms with E-state index in [2.05, 4.69) is 18.7 Å². The minimum atomic E-state index is 0.156. The number of hydrogen-bond donors (Lipinski definition) is 0. The predicted molar refractivity (Wildman–Crippen MR) is 68.4 cm³/mol. The number of morpholine rings is 2.